The average molecular weight is 328 g/mol. The Balaban J connectivity index is 0. The Bertz CT molecular complexity index is 17.2. The molecule has 0 atom stereocenters. The van der Waals surface area contributed by atoms with Gasteiger partial charge >= 0.3 is 0 Å². The predicted octanol–water partition coefficient (Wildman–Crippen LogP) is 2.81. The van der Waals surface area contributed by atoms with Crippen LogP contribution in [-0.2, 0) is 3.07 Å². The predicted molar refractivity (Wildman–Crippen MR) is 50.2 cm³/mol. The second-order valence-corrected chi connectivity index (χ2v) is 2.80. The van der Waals surface area contributed by atoms with Gasteiger partial charge in [-0.3, -0.25) is 0 Å². The van der Waals surface area contributed by atoms with E-state index in [1.807, 2.05) is 0 Å². The van der Waals surface area contributed by atoms with Crippen molar-refractivity contribution in [1.29, 1.82) is 0 Å². The fourth-order valence-corrected chi connectivity index (χ4v) is 0. The molecule has 0 aromatic carbocycles. The molecule has 0 fully saturated rings. The highest BCUT2D eigenvalue weighted by Gasteiger charge is 1.58. The molecule has 0 bridgehead atoms. The number of halogens is 2. The van der Waals surface area contributed by atoms with Crippen LogP contribution < -0.4 is 0 Å². The highest BCUT2D eigenvalue weighted by atomic mass is 127. The van der Waals surface area contributed by atoms with Crippen LogP contribution in [0.25, 0.3) is 0 Å². The first-order valence-corrected chi connectivity index (χ1v) is 4.44. The molecule has 0 radical (unpaired) electrons. The molecule has 7 heavy (non-hydrogen) atoms. The van der Waals surface area contributed by atoms with Crippen molar-refractivity contribution in [3.05, 3.63) is 0 Å². The third-order valence-electron chi connectivity index (χ3n) is 0.189. The molecular weight excluding hydrogens is 318 g/mol. The van der Waals surface area contributed by atoms with Gasteiger partial charge in [-0.25, -0.2) is 0 Å². The summed E-state index contributed by atoms with van der Waals surface area (Å²) in [5.74, 6) is 0. The van der Waals surface area contributed by atoms with Crippen molar-refractivity contribution < 1.29 is 3.07 Å². The molecule has 0 aromatic rings. The van der Waals surface area contributed by atoms with E-state index in [0.717, 1.165) is 0 Å². The Morgan fingerprint density at radius 2 is 1.71 bits per heavy atom. The van der Waals surface area contributed by atoms with Gasteiger partial charge in [-0.15, -0.1) is 0 Å². The molecular formula is C4H10I2O. The van der Waals surface area contributed by atoms with Gasteiger partial charge in [0.1, 0.15) is 23.0 Å². The first-order valence-electron chi connectivity index (χ1n) is 2.04. The smallest absolute Gasteiger partial charge is 0.109 e. The summed E-state index contributed by atoms with van der Waals surface area (Å²) in [5, 5.41) is 0. The van der Waals surface area contributed by atoms with Crippen molar-refractivity contribution in [3.8, 4) is 0 Å². The van der Waals surface area contributed by atoms with E-state index in [1.54, 1.807) is 30.1 Å². The summed E-state index contributed by atoms with van der Waals surface area (Å²) in [6, 6.07) is 0. The van der Waals surface area contributed by atoms with Crippen LogP contribution in [0.1, 0.15) is 13.3 Å². The first kappa shape index (κ1) is 11.2. The molecule has 0 aliphatic carbocycles. The Morgan fingerprint density at radius 3 is 1.71 bits per heavy atom. The zero-order valence-corrected chi connectivity index (χ0v) is 8.89. The maximum absolute atomic E-state index is 4.22. The first-order chi connectivity index (χ1) is 3.33. The molecule has 3 heteroatoms. The fourth-order valence-electron chi connectivity index (χ4n) is 0. The third-order valence-corrected chi connectivity index (χ3v) is 1.27. The van der Waals surface area contributed by atoms with Crippen molar-refractivity contribution >= 4 is 45.6 Å². The Morgan fingerprint density at radius 1 is 1.57 bits per heavy atom. The maximum atomic E-state index is 4.22. The van der Waals surface area contributed by atoms with E-state index in [0.29, 0.717) is 0 Å². The van der Waals surface area contributed by atoms with Gasteiger partial charge < -0.3 is 3.07 Å². The highest BCUT2D eigenvalue weighted by Crippen LogP contribution is 1.81. The quantitative estimate of drug-likeness (QED) is 0.531. The van der Waals surface area contributed by atoms with Gasteiger partial charge in [0.05, 0.1) is 0 Å². The second-order valence-electron chi connectivity index (χ2n) is 0.843. The lowest BCUT2D eigenvalue weighted by Gasteiger charge is -1.66. The lowest BCUT2D eigenvalue weighted by molar-refractivity contribution is 0.556. The number of alkyl halides is 1. The molecule has 0 heterocycles. The SMILES string of the molecule is CCCI.COI. The summed E-state index contributed by atoms with van der Waals surface area (Å²) in [7, 11) is 1.61. The lowest BCUT2D eigenvalue weighted by atomic mass is 10.6. The second kappa shape index (κ2) is 15.7. The van der Waals surface area contributed by atoms with E-state index in [1.165, 1.54) is 10.8 Å². The van der Waals surface area contributed by atoms with E-state index in [4.69, 9.17) is 0 Å². The van der Waals surface area contributed by atoms with Gasteiger partial charge in [0.25, 0.3) is 0 Å². The van der Waals surface area contributed by atoms with Crippen LogP contribution in [0.5, 0.6) is 0 Å². The van der Waals surface area contributed by atoms with Crippen LogP contribution in [0, 0.1) is 0 Å². The molecule has 0 amide bonds. The number of hydrogen-bond acceptors (Lipinski definition) is 1. The van der Waals surface area contributed by atoms with Crippen molar-refractivity contribution in [3.63, 3.8) is 0 Å². The molecule has 1 nitrogen and oxygen atoms in total. The van der Waals surface area contributed by atoms with Gasteiger partial charge in [0, 0.05) is 7.11 Å². The van der Waals surface area contributed by atoms with E-state index in [-0.39, 0.29) is 0 Å². The van der Waals surface area contributed by atoms with Gasteiger partial charge in [-0.2, -0.15) is 0 Å². The molecule has 0 aromatic heterocycles. The van der Waals surface area contributed by atoms with Gasteiger partial charge in [0.2, 0.25) is 0 Å². The minimum Gasteiger partial charge on any atom is -0.319 e. The molecule has 0 rings (SSSR count). The molecule has 0 unspecified atom stereocenters. The molecule has 0 aliphatic rings. The van der Waals surface area contributed by atoms with Crippen molar-refractivity contribution in [2.75, 3.05) is 11.5 Å². The zero-order chi connectivity index (χ0) is 6.12. The summed E-state index contributed by atoms with van der Waals surface area (Å²) >= 11 is 4.14. The van der Waals surface area contributed by atoms with Gasteiger partial charge in [-0.05, 0) is 10.8 Å². The van der Waals surface area contributed by atoms with Crippen LogP contribution >= 0.6 is 45.6 Å². The summed E-state index contributed by atoms with van der Waals surface area (Å²) < 4.78 is 5.51. The van der Waals surface area contributed by atoms with Gasteiger partial charge in [-0.1, -0.05) is 29.5 Å². The largest absolute Gasteiger partial charge is 0.319 e. The minimum atomic E-state index is 1.29. The molecule has 0 saturated heterocycles. The molecule has 46 valence electrons. The standard InChI is InChI=1S/C3H7I.CH3IO/c1-2-3-4;1-3-2/h2-3H2,1H3;1H3. The fraction of sp³-hybridized carbons (Fsp3) is 1.00. The normalized spacial score (nSPS) is 6.86. The Hall–Kier alpha value is 1.42. The summed E-state index contributed by atoms with van der Waals surface area (Å²) in [4.78, 5) is 0. The topological polar surface area (TPSA) is 9.23 Å². The Kier molecular flexibility index (Phi) is 25.2. The van der Waals surface area contributed by atoms with E-state index < -0.39 is 0 Å². The third kappa shape index (κ3) is 37.2. The zero-order valence-electron chi connectivity index (χ0n) is 4.58. The van der Waals surface area contributed by atoms with E-state index in [2.05, 4.69) is 32.6 Å². The van der Waals surface area contributed by atoms with E-state index in [9.17, 15) is 0 Å². The molecule has 0 spiro atoms. The van der Waals surface area contributed by atoms with Crippen molar-refractivity contribution in [2.24, 2.45) is 0 Å². The van der Waals surface area contributed by atoms with Crippen molar-refractivity contribution in [2.45, 2.75) is 13.3 Å². The molecule has 0 N–H and O–H groups in total. The van der Waals surface area contributed by atoms with Crippen LogP contribution in [0.15, 0.2) is 0 Å². The van der Waals surface area contributed by atoms with Gasteiger partial charge in [0.15, 0.2) is 0 Å². The van der Waals surface area contributed by atoms with Crippen molar-refractivity contribution in [1.82, 2.24) is 0 Å². The molecule has 0 saturated carbocycles. The summed E-state index contributed by atoms with van der Waals surface area (Å²) in [6.07, 6.45) is 1.31. The number of hydrogen-bond donors (Lipinski definition) is 0. The van der Waals surface area contributed by atoms with E-state index >= 15 is 0 Å². The monoisotopic (exact) mass is 328 g/mol. The lowest BCUT2D eigenvalue weighted by Crippen LogP contribution is -1.54. The minimum absolute atomic E-state index is 1.29. The molecule has 0 aliphatic heterocycles. The highest BCUT2D eigenvalue weighted by molar-refractivity contribution is 14.1. The van der Waals surface area contributed by atoms with Crippen LogP contribution in [0.3, 0.4) is 0 Å². The number of rotatable bonds is 1. The van der Waals surface area contributed by atoms with Crippen LogP contribution in [0.4, 0.5) is 0 Å². The Labute approximate surface area is 73.0 Å². The van der Waals surface area contributed by atoms with Crippen LogP contribution in [0.2, 0.25) is 0 Å². The maximum Gasteiger partial charge on any atom is 0.109 e. The van der Waals surface area contributed by atoms with Crippen LogP contribution in [-0.4, -0.2) is 11.5 Å². The average Bonchev–Trinajstić information content (AvgIpc) is 1.69. The summed E-state index contributed by atoms with van der Waals surface area (Å²) in [5.41, 5.74) is 0. The summed E-state index contributed by atoms with van der Waals surface area (Å²) in [6.45, 7) is 2.17.